The predicted octanol–water partition coefficient (Wildman–Crippen LogP) is 3.70. The summed E-state index contributed by atoms with van der Waals surface area (Å²) in [5.74, 6) is 0. The summed E-state index contributed by atoms with van der Waals surface area (Å²) in [5.41, 5.74) is 7.12. The number of urea groups is 1. The second-order valence-electron chi connectivity index (χ2n) is 4.75. The number of anilines is 2. The van der Waals surface area contributed by atoms with E-state index >= 15 is 0 Å². The standard InChI is InChI=1S/C15H25N3O/c1-3-5-10-18(11-6-4-2)15(19)17-14-9-7-8-13(16)12-14/h7-9,12H,3-6,10-11,16H2,1-2H3,(H,17,19). The maximum Gasteiger partial charge on any atom is 0.321 e. The molecule has 3 N–H and O–H groups in total. The van der Waals surface area contributed by atoms with E-state index in [1.807, 2.05) is 23.1 Å². The Bertz CT molecular complexity index is 385. The van der Waals surface area contributed by atoms with E-state index < -0.39 is 0 Å². The van der Waals surface area contributed by atoms with Crippen molar-refractivity contribution in [2.45, 2.75) is 39.5 Å². The number of carbonyl (C=O) groups is 1. The molecule has 0 aliphatic rings. The number of nitrogens with zero attached hydrogens (tertiary/aromatic N) is 1. The number of benzene rings is 1. The monoisotopic (exact) mass is 263 g/mol. The molecule has 0 saturated carbocycles. The van der Waals surface area contributed by atoms with Gasteiger partial charge in [-0.05, 0) is 31.0 Å². The zero-order chi connectivity index (χ0) is 14.1. The average molecular weight is 263 g/mol. The van der Waals surface area contributed by atoms with Gasteiger partial charge < -0.3 is 16.0 Å². The van der Waals surface area contributed by atoms with Crippen molar-refractivity contribution in [3.05, 3.63) is 24.3 Å². The molecule has 4 heteroatoms. The molecule has 1 aromatic carbocycles. The van der Waals surface area contributed by atoms with Crippen molar-refractivity contribution < 1.29 is 4.79 Å². The van der Waals surface area contributed by atoms with Gasteiger partial charge in [0.25, 0.3) is 0 Å². The van der Waals surface area contributed by atoms with Crippen molar-refractivity contribution in [3.8, 4) is 0 Å². The molecule has 0 aliphatic heterocycles. The van der Waals surface area contributed by atoms with Crippen LogP contribution >= 0.6 is 0 Å². The van der Waals surface area contributed by atoms with Crippen LogP contribution in [0.15, 0.2) is 24.3 Å². The lowest BCUT2D eigenvalue weighted by molar-refractivity contribution is 0.210. The first kappa shape index (κ1) is 15.3. The molecule has 0 saturated heterocycles. The minimum atomic E-state index is -0.0347. The first-order valence-corrected chi connectivity index (χ1v) is 7.08. The highest BCUT2D eigenvalue weighted by atomic mass is 16.2. The molecule has 0 aromatic heterocycles. The summed E-state index contributed by atoms with van der Waals surface area (Å²) in [4.78, 5) is 14.1. The number of hydrogen-bond acceptors (Lipinski definition) is 2. The normalized spacial score (nSPS) is 10.2. The van der Waals surface area contributed by atoms with E-state index in [0.717, 1.165) is 44.5 Å². The third kappa shape index (κ3) is 5.64. The number of nitrogen functional groups attached to an aromatic ring is 1. The van der Waals surface area contributed by atoms with Crippen LogP contribution in [0, 0.1) is 0 Å². The molecule has 19 heavy (non-hydrogen) atoms. The summed E-state index contributed by atoms with van der Waals surface area (Å²) in [5, 5.41) is 2.91. The number of amides is 2. The lowest BCUT2D eigenvalue weighted by atomic mass is 10.2. The van der Waals surface area contributed by atoms with Crippen molar-refractivity contribution in [1.82, 2.24) is 4.90 Å². The first-order valence-electron chi connectivity index (χ1n) is 7.08. The van der Waals surface area contributed by atoms with Crippen LogP contribution in [-0.2, 0) is 0 Å². The summed E-state index contributed by atoms with van der Waals surface area (Å²) >= 11 is 0. The van der Waals surface area contributed by atoms with Crippen LogP contribution in [0.25, 0.3) is 0 Å². The minimum Gasteiger partial charge on any atom is -0.399 e. The quantitative estimate of drug-likeness (QED) is 0.737. The molecule has 1 rings (SSSR count). The van der Waals surface area contributed by atoms with Crippen LogP contribution in [0.5, 0.6) is 0 Å². The smallest absolute Gasteiger partial charge is 0.321 e. The number of nitrogens with two attached hydrogens (primary N) is 1. The van der Waals surface area contributed by atoms with Crippen molar-refractivity contribution in [1.29, 1.82) is 0 Å². The maximum atomic E-state index is 12.2. The summed E-state index contributed by atoms with van der Waals surface area (Å²) < 4.78 is 0. The minimum absolute atomic E-state index is 0.0347. The molecular formula is C15H25N3O. The highest BCUT2D eigenvalue weighted by molar-refractivity contribution is 5.89. The maximum absolute atomic E-state index is 12.2. The van der Waals surface area contributed by atoms with E-state index in [0.29, 0.717) is 5.69 Å². The van der Waals surface area contributed by atoms with Crippen molar-refractivity contribution in [2.75, 3.05) is 24.1 Å². The molecule has 1 aromatic rings. The molecule has 0 atom stereocenters. The molecule has 0 bridgehead atoms. The summed E-state index contributed by atoms with van der Waals surface area (Å²) in [6.45, 7) is 5.89. The fourth-order valence-corrected chi connectivity index (χ4v) is 1.83. The van der Waals surface area contributed by atoms with Crippen LogP contribution in [0.4, 0.5) is 16.2 Å². The van der Waals surface area contributed by atoms with Crippen LogP contribution in [0.2, 0.25) is 0 Å². The van der Waals surface area contributed by atoms with Gasteiger partial charge in [-0.1, -0.05) is 32.8 Å². The number of unbranched alkanes of at least 4 members (excludes halogenated alkanes) is 2. The zero-order valence-corrected chi connectivity index (χ0v) is 12.0. The topological polar surface area (TPSA) is 58.4 Å². The SMILES string of the molecule is CCCCN(CCCC)C(=O)Nc1cccc(N)c1. The molecular weight excluding hydrogens is 238 g/mol. The molecule has 4 nitrogen and oxygen atoms in total. The van der Waals surface area contributed by atoms with Crippen molar-refractivity contribution >= 4 is 17.4 Å². The van der Waals surface area contributed by atoms with E-state index in [2.05, 4.69) is 19.2 Å². The van der Waals surface area contributed by atoms with Crippen LogP contribution in [0.3, 0.4) is 0 Å². The Labute approximate surface area is 116 Å². The van der Waals surface area contributed by atoms with E-state index in [1.165, 1.54) is 0 Å². The van der Waals surface area contributed by atoms with Gasteiger partial charge in [0.15, 0.2) is 0 Å². The van der Waals surface area contributed by atoms with Gasteiger partial charge in [-0.3, -0.25) is 0 Å². The summed E-state index contributed by atoms with van der Waals surface area (Å²) in [7, 11) is 0. The van der Waals surface area contributed by atoms with Gasteiger partial charge in [-0.2, -0.15) is 0 Å². The van der Waals surface area contributed by atoms with Crippen molar-refractivity contribution in [2.24, 2.45) is 0 Å². The summed E-state index contributed by atoms with van der Waals surface area (Å²) in [6.07, 6.45) is 4.25. The number of hydrogen-bond donors (Lipinski definition) is 2. The average Bonchev–Trinajstić information content (AvgIpc) is 2.38. The van der Waals surface area contributed by atoms with Crippen LogP contribution < -0.4 is 11.1 Å². The molecule has 2 amide bonds. The molecule has 0 fully saturated rings. The molecule has 106 valence electrons. The van der Waals surface area contributed by atoms with Gasteiger partial charge in [0.1, 0.15) is 0 Å². The van der Waals surface area contributed by atoms with E-state index in [4.69, 9.17) is 5.73 Å². The van der Waals surface area contributed by atoms with Gasteiger partial charge in [0.05, 0.1) is 0 Å². The van der Waals surface area contributed by atoms with E-state index in [9.17, 15) is 4.79 Å². The number of nitrogens with one attached hydrogen (secondary N) is 1. The molecule has 0 spiro atoms. The van der Waals surface area contributed by atoms with Gasteiger partial charge >= 0.3 is 6.03 Å². The highest BCUT2D eigenvalue weighted by Gasteiger charge is 2.12. The van der Waals surface area contributed by atoms with Gasteiger partial charge in [-0.15, -0.1) is 0 Å². The molecule has 0 radical (unpaired) electrons. The first-order chi connectivity index (χ1) is 9.17. The lowest BCUT2D eigenvalue weighted by Crippen LogP contribution is -2.36. The van der Waals surface area contributed by atoms with Gasteiger partial charge in [0, 0.05) is 24.5 Å². The Morgan fingerprint density at radius 2 is 1.84 bits per heavy atom. The van der Waals surface area contributed by atoms with Crippen LogP contribution in [0.1, 0.15) is 39.5 Å². The third-order valence-corrected chi connectivity index (χ3v) is 2.99. The second-order valence-corrected chi connectivity index (χ2v) is 4.75. The summed E-state index contributed by atoms with van der Waals surface area (Å²) in [6, 6.07) is 7.24. The Balaban J connectivity index is 2.59. The Hall–Kier alpha value is -1.71. The largest absolute Gasteiger partial charge is 0.399 e. The van der Waals surface area contributed by atoms with E-state index in [-0.39, 0.29) is 6.03 Å². The fourth-order valence-electron chi connectivity index (χ4n) is 1.83. The Morgan fingerprint density at radius 1 is 1.21 bits per heavy atom. The molecule has 0 aliphatic carbocycles. The Morgan fingerprint density at radius 3 is 2.37 bits per heavy atom. The van der Waals surface area contributed by atoms with Gasteiger partial charge in [0.2, 0.25) is 0 Å². The zero-order valence-electron chi connectivity index (χ0n) is 12.0. The van der Waals surface area contributed by atoms with E-state index in [1.54, 1.807) is 6.07 Å². The molecule has 0 heterocycles. The Kier molecular flexibility index (Phi) is 6.79. The van der Waals surface area contributed by atoms with Gasteiger partial charge in [-0.25, -0.2) is 4.79 Å². The number of carbonyl (C=O) groups excluding carboxylic acids is 1. The second kappa shape index (κ2) is 8.40. The third-order valence-electron chi connectivity index (χ3n) is 2.99. The molecule has 0 unspecified atom stereocenters. The number of rotatable bonds is 7. The lowest BCUT2D eigenvalue weighted by Gasteiger charge is -2.22. The predicted molar refractivity (Wildman–Crippen MR) is 81.3 cm³/mol. The van der Waals surface area contributed by atoms with Crippen molar-refractivity contribution in [3.63, 3.8) is 0 Å². The highest BCUT2D eigenvalue weighted by Crippen LogP contribution is 2.13. The fraction of sp³-hybridized carbons (Fsp3) is 0.533. The van der Waals surface area contributed by atoms with Crippen LogP contribution in [-0.4, -0.2) is 24.0 Å².